The van der Waals surface area contributed by atoms with Crippen molar-refractivity contribution in [2.24, 2.45) is 11.7 Å². The first kappa shape index (κ1) is 20.9. The third-order valence-corrected chi connectivity index (χ3v) is 6.65. The maximum absolute atomic E-state index is 13.0. The number of benzene rings is 1. The van der Waals surface area contributed by atoms with E-state index in [0.29, 0.717) is 41.8 Å². The van der Waals surface area contributed by atoms with Crippen molar-refractivity contribution < 1.29 is 14.1 Å². The predicted octanol–water partition coefficient (Wildman–Crippen LogP) is 1.65. The number of rotatable bonds is 7. The van der Waals surface area contributed by atoms with Gasteiger partial charge in [0.15, 0.2) is 4.90 Å². The van der Waals surface area contributed by atoms with Crippen LogP contribution in [0.4, 0.5) is 0 Å². The van der Waals surface area contributed by atoms with E-state index in [1.165, 1.54) is 4.57 Å². The lowest BCUT2D eigenvalue weighted by molar-refractivity contribution is -0.148. The molecule has 0 aliphatic carbocycles. The Kier molecular flexibility index (Phi) is 6.77. The Balaban J connectivity index is 1.92. The largest absolute Gasteiger partial charge is 0.593 e. The molecule has 152 valence electrons. The molecule has 2 heterocycles. The van der Waals surface area contributed by atoms with Crippen molar-refractivity contribution in [2.75, 3.05) is 19.7 Å². The maximum Gasteiger partial charge on any atom is 0.310 e. The molecule has 7 nitrogen and oxygen atoms in total. The van der Waals surface area contributed by atoms with Crippen LogP contribution in [0.2, 0.25) is 0 Å². The van der Waals surface area contributed by atoms with Crippen LogP contribution in [0.15, 0.2) is 40.2 Å². The molecule has 2 aromatic rings. The van der Waals surface area contributed by atoms with Crippen molar-refractivity contribution in [1.29, 1.82) is 0 Å². The summed E-state index contributed by atoms with van der Waals surface area (Å²) in [6.45, 7) is 5.50. The second kappa shape index (κ2) is 9.09. The highest BCUT2D eigenvalue weighted by Gasteiger charge is 2.31. The first-order valence-electron chi connectivity index (χ1n) is 9.67. The summed E-state index contributed by atoms with van der Waals surface area (Å²) in [5, 5.41) is 1.17. The first-order chi connectivity index (χ1) is 13.5. The summed E-state index contributed by atoms with van der Waals surface area (Å²) in [5.74, 6) is -0.671. The Bertz CT molecular complexity index is 901. The van der Waals surface area contributed by atoms with E-state index < -0.39 is 11.4 Å². The fourth-order valence-corrected chi connectivity index (χ4v) is 4.93. The summed E-state index contributed by atoms with van der Waals surface area (Å²) in [6.07, 6.45) is 3.07. The summed E-state index contributed by atoms with van der Waals surface area (Å²) in [4.78, 5) is 25.7. The van der Waals surface area contributed by atoms with Gasteiger partial charge in [-0.25, -0.2) is 0 Å². The lowest BCUT2D eigenvalue weighted by atomic mass is 10.1. The molecule has 3 rings (SSSR count). The number of carbonyl (C=O) groups excluding carboxylic acids is 1. The highest BCUT2D eigenvalue weighted by atomic mass is 32.2. The van der Waals surface area contributed by atoms with E-state index in [4.69, 9.17) is 10.5 Å². The lowest BCUT2D eigenvalue weighted by Gasteiger charge is -2.20. The normalized spacial score (nSPS) is 19.6. The molecular formula is C20H27N3O4S. The Morgan fingerprint density at radius 3 is 2.79 bits per heavy atom. The molecule has 0 saturated carbocycles. The van der Waals surface area contributed by atoms with E-state index in [1.54, 1.807) is 37.4 Å². The molecule has 0 bridgehead atoms. The second-order valence-corrected chi connectivity index (χ2v) is 8.49. The van der Waals surface area contributed by atoms with Crippen LogP contribution < -0.4 is 11.3 Å². The molecule has 0 radical (unpaired) electrons. The highest BCUT2D eigenvalue weighted by molar-refractivity contribution is 7.89. The van der Waals surface area contributed by atoms with Crippen molar-refractivity contribution in [2.45, 2.75) is 44.2 Å². The van der Waals surface area contributed by atoms with Crippen LogP contribution >= 0.6 is 0 Å². The average Bonchev–Trinajstić information content (AvgIpc) is 3.13. The summed E-state index contributed by atoms with van der Waals surface area (Å²) >= 11 is -1.36. The fraction of sp³-hybridized carbons (Fsp3) is 0.500. The van der Waals surface area contributed by atoms with Gasteiger partial charge in [0.25, 0.3) is 5.56 Å². The van der Waals surface area contributed by atoms with E-state index in [2.05, 4.69) is 0 Å². The van der Waals surface area contributed by atoms with Crippen LogP contribution in [0.5, 0.6) is 0 Å². The van der Waals surface area contributed by atoms with Crippen LogP contribution in [0.1, 0.15) is 26.7 Å². The first-order valence-corrected chi connectivity index (χ1v) is 10.8. The number of aromatic nitrogens is 1. The number of carbonyl (C=O) groups is 1. The fourth-order valence-electron chi connectivity index (χ4n) is 3.50. The van der Waals surface area contributed by atoms with Gasteiger partial charge >= 0.3 is 5.97 Å². The molecule has 1 aromatic carbocycles. The number of hydrogen-bond donors (Lipinski definition) is 1. The summed E-state index contributed by atoms with van der Waals surface area (Å²) in [7, 11) is 0. The Hall–Kier alpha value is -1.87. The third-order valence-electron chi connectivity index (χ3n) is 5.12. The number of nitrogens with two attached hydrogens (primary N) is 1. The number of hydrogen-bond acceptors (Lipinski definition) is 6. The van der Waals surface area contributed by atoms with Gasteiger partial charge in [0.2, 0.25) is 0 Å². The Morgan fingerprint density at radius 1 is 1.36 bits per heavy atom. The quantitative estimate of drug-likeness (QED) is 0.555. The molecule has 28 heavy (non-hydrogen) atoms. The van der Waals surface area contributed by atoms with E-state index >= 15 is 0 Å². The number of fused-ring (bicyclic) bond motifs is 1. The maximum atomic E-state index is 13.0. The van der Waals surface area contributed by atoms with Crippen molar-refractivity contribution in [3.63, 3.8) is 0 Å². The average molecular weight is 406 g/mol. The van der Waals surface area contributed by atoms with Gasteiger partial charge in [-0.3, -0.25) is 9.59 Å². The monoisotopic (exact) mass is 405 g/mol. The van der Waals surface area contributed by atoms with Gasteiger partial charge in [-0.1, -0.05) is 13.0 Å². The topological polar surface area (TPSA) is 101 Å². The zero-order chi connectivity index (χ0) is 20.3. The summed E-state index contributed by atoms with van der Waals surface area (Å²) in [6, 6.07) is 7.11. The van der Waals surface area contributed by atoms with Gasteiger partial charge in [-0.2, -0.15) is 0 Å². The van der Waals surface area contributed by atoms with E-state index in [0.717, 1.165) is 6.42 Å². The highest BCUT2D eigenvalue weighted by Crippen LogP contribution is 2.26. The van der Waals surface area contributed by atoms with Gasteiger partial charge in [-0.05, 0) is 38.0 Å². The minimum absolute atomic E-state index is 0.0324. The van der Waals surface area contributed by atoms with Gasteiger partial charge in [0.1, 0.15) is 0 Å². The zero-order valence-corrected chi connectivity index (χ0v) is 17.1. The van der Waals surface area contributed by atoms with Crippen LogP contribution in [-0.2, 0) is 27.4 Å². The van der Waals surface area contributed by atoms with Crippen LogP contribution in [0, 0.1) is 5.92 Å². The number of nitrogens with zero attached hydrogens (tertiary/aromatic N) is 2. The number of ether oxygens (including phenoxy) is 1. The van der Waals surface area contributed by atoms with Gasteiger partial charge < -0.3 is 19.6 Å². The molecule has 3 atom stereocenters. The number of esters is 1. The van der Waals surface area contributed by atoms with Crippen molar-refractivity contribution in [3.05, 3.63) is 40.8 Å². The third kappa shape index (κ3) is 4.25. The van der Waals surface area contributed by atoms with Crippen molar-refractivity contribution >= 4 is 28.1 Å². The lowest BCUT2D eigenvalue weighted by Crippen LogP contribution is -2.32. The molecule has 8 heteroatoms. The molecule has 2 N–H and O–H groups in total. The minimum Gasteiger partial charge on any atom is -0.593 e. The predicted molar refractivity (Wildman–Crippen MR) is 109 cm³/mol. The van der Waals surface area contributed by atoms with E-state index in [-0.39, 0.29) is 30.0 Å². The molecule has 1 fully saturated rings. The molecule has 0 amide bonds. The van der Waals surface area contributed by atoms with Gasteiger partial charge in [0, 0.05) is 30.7 Å². The van der Waals surface area contributed by atoms with Crippen LogP contribution in [0.3, 0.4) is 0 Å². The summed E-state index contributed by atoms with van der Waals surface area (Å²) in [5.41, 5.74) is 5.74. The standard InChI is InChI=1S/C20H27N3O4S/c1-3-14(20(25)27-4-2)12-22-10-9-16-17(19(22)24)6-5-7-18(16)28(26)23-11-8-15(21)13-23/h5-7,9-10,14-15H,3-4,8,11-13,21H2,1-2H3. The SMILES string of the molecule is CCOC(=O)C(CC)Cn1ccc2c([S+]([O-])N3CCC(N)C3)cccc2c1=O. The van der Waals surface area contributed by atoms with Crippen molar-refractivity contribution in [3.8, 4) is 0 Å². The zero-order valence-electron chi connectivity index (χ0n) is 16.3. The van der Waals surface area contributed by atoms with Crippen LogP contribution in [-0.4, -0.2) is 45.1 Å². The smallest absolute Gasteiger partial charge is 0.310 e. The number of pyridine rings is 1. The van der Waals surface area contributed by atoms with E-state index in [9.17, 15) is 14.1 Å². The minimum atomic E-state index is -1.36. The molecule has 1 aliphatic heterocycles. The molecule has 1 aromatic heterocycles. The Morgan fingerprint density at radius 2 is 2.14 bits per heavy atom. The van der Waals surface area contributed by atoms with Crippen LogP contribution in [0.25, 0.3) is 10.8 Å². The van der Waals surface area contributed by atoms with Gasteiger partial charge in [0.05, 0.1) is 35.8 Å². The van der Waals surface area contributed by atoms with Gasteiger partial charge in [-0.15, -0.1) is 4.31 Å². The van der Waals surface area contributed by atoms with Crippen molar-refractivity contribution in [1.82, 2.24) is 8.87 Å². The molecule has 1 saturated heterocycles. The second-order valence-electron chi connectivity index (χ2n) is 7.03. The molecule has 3 unspecified atom stereocenters. The molecule has 1 aliphatic rings. The van der Waals surface area contributed by atoms with E-state index in [1.807, 2.05) is 11.2 Å². The summed E-state index contributed by atoms with van der Waals surface area (Å²) < 4.78 is 21.5. The molecule has 0 spiro atoms. The molecular weight excluding hydrogens is 378 g/mol. The Labute approximate surface area is 167 Å².